The fraction of sp³-hybridized carbons (Fsp3) is 0.133. The lowest BCUT2D eigenvalue weighted by Crippen LogP contribution is -2.10. The van der Waals surface area contributed by atoms with Gasteiger partial charge in [-0.1, -0.05) is 41.6 Å². The Morgan fingerprint density at radius 3 is 2.67 bits per heavy atom. The molecule has 0 saturated heterocycles. The van der Waals surface area contributed by atoms with Crippen LogP contribution in [-0.4, -0.2) is 15.1 Å². The predicted octanol–water partition coefficient (Wildman–Crippen LogP) is 2.78. The molecule has 6 heteroatoms. The van der Waals surface area contributed by atoms with Crippen molar-refractivity contribution in [1.82, 2.24) is 10.1 Å². The Balaban J connectivity index is 1.96. The maximum absolute atomic E-state index is 5.78. The van der Waals surface area contributed by atoms with E-state index in [0.29, 0.717) is 23.2 Å². The Bertz CT molecular complexity index is 812. The van der Waals surface area contributed by atoms with Gasteiger partial charge in [-0.15, -0.1) is 0 Å². The first-order chi connectivity index (χ1) is 10.1. The molecule has 0 aliphatic rings. The minimum atomic E-state index is 0.394. The van der Waals surface area contributed by atoms with Crippen molar-refractivity contribution in [3.63, 3.8) is 0 Å². The minimum Gasteiger partial charge on any atom is -0.389 e. The summed E-state index contributed by atoms with van der Waals surface area (Å²) in [5, 5.41) is 9.15. The van der Waals surface area contributed by atoms with Crippen LogP contribution in [0.25, 0.3) is 10.8 Å². The molecule has 0 bridgehead atoms. The van der Waals surface area contributed by atoms with Crippen molar-refractivity contribution in [1.29, 1.82) is 0 Å². The van der Waals surface area contributed by atoms with Gasteiger partial charge in [0.15, 0.2) is 5.82 Å². The third-order valence-electron chi connectivity index (χ3n) is 3.19. The first-order valence-corrected chi connectivity index (χ1v) is 6.90. The molecule has 1 heterocycles. The molecule has 21 heavy (non-hydrogen) atoms. The lowest BCUT2D eigenvalue weighted by molar-refractivity contribution is 0.379. The highest BCUT2D eigenvalue weighted by atomic mass is 32.1. The van der Waals surface area contributed by atoms with Crippen molar-refractivity contribution in [2.45, 2.75) is 13.5 Å². The van der Waals surface area contributed by atoms with Crippen LogP contribution in [0.3, 0.4) is 0 Å². The number of aryl methyl sites for hydroxylation is 1. The summed E-state index contributed by atoms with van der Waals surface area (Å²) in [4.78, 5) is 4.56. The molecule has 0 spiro atoms. The molecule has 106 valence electrons. The highest BCUT2D eigenvalue weighted by molar-refractivity contribution is 7.80. The monoisotopic (exact) mass is 298 g/mol. The van der Waals surface area contributed by atoms with Crippen LogP contribution in [0.15, 0.2) is 40.9 Å². The summed E-state index contributed by atoms with van der Waals surface area (Å²) >= 11 is 5.10. The molecule has 0 amide bonds. The quantitative estimate of drug-likeness (QED) is 0.721. The number of hydrogen-bond donors (Lipinski definition) is 2. The van der Waals surface area contributed by atoms with Crippen LogP contribution in [0.4, 0.5) is 5.69 Å². The van der Waals surface area contributed by atoms with E-state index < -0.39 is 0 Å². The summed E-state index contributed by atoms with van der Waals surface area (Å²) in [6.45, 7) is 2.26. The first kappa shape index (κ1) is 13.5. The topological polar surface area (TPSA) is 77.0 Å². The van der Waals surface area contributed by atoms with Gasteiger partial charge in [0.05, 0.1) is 6.54 Å². The van der Waals surface area contributed by atoms with Gasteiger partial charge >= 0.3 is 0 Å². The van der Waals surface area contributed by atoms with Crippen LogP contribution in [0.1, 0.15) is 17.3 Å². The molecule has 0 saturated carbocycles. The average Bonchev–Trinajstić information content (AvgIpc) is 2.90. The number of nitrogens with two attached hydrogens (primary N) is 1. The summed E-state index contributed by atoms with van der Waals surface area (Å²) < 4.78 is 5.10. The van der Waals surface area contributed by atoms with Crippen LogP contribution >= 0.6 is 12.2 Å². The molecule has 0 atom stereocenters. The second-order valence-electron chi connectivity index (χ2n) is 4.66. The SMILES string of the molecule is Cc1noc(CNc2ccc(C(N)=S)c3ccccc23)n1. The number of anilines is 1. The van der Waals surface area contributed by atoms with Crippen LogP contribution in [0.2, 0.25) is 0 Å². The zero-order chi connectivity index (χ0) is 14.8. The molecule has 2 aromatic carbocycles. The number of benzene rings is 2. The highest BCUT2D eigenvalue weighted by Crippen LogP contribution is 2.27. The fourth-order valence-corrected chi connectivity index (χ4v) is 2.43. The molecule has 3 aromatic rings. The van der Waals surface area contributed by atoms with Gasteiger partial charge in [0.1, 0.15) is 4.99 Å². The van der Waals surface area contributed by atoms with E-state index in [1.165, 1.54) is 0 Å². The zero-order valence-electron chi connectivity index (χ0n) is 11.5. The van der Waals surface area contributed by atoms with Gasteiger partial charge in [-0.25, -0.2) is 0 Å². The first-order valence-electron chi connectivity index (χ1n) is 6.50. The fourth-order valence-electron chi connectivity index (χ4n) is 2.25. The van der Waals surface area contributed by atoms with Gasteiger partial charge in [-0.05, 0) is 24.4 Å². The average molecular weight is 298 g/mol. The molecule has 3 N–H and O–H groups in total. The van der Waals surface area contributed by atoms with Gasteiger partial charge in [0.2, 0.25) is 5.89 Å². The Labute approximate surface area is 127 Å². The van der Waals surface area contributed by atoms with Crippen LogP contribution in [0.5, 0.6) is 0 Å². The van der Waals surface area contributed by atoms with Gasteiger partial charge in [0, 0.05) is 16.6 Å². The Hall–Kier alpha value is -2.47. The molecule has 0 aliphatic carbocycles. The lowest BCUT2D eigenvalue weighted by atomic mass is 10.0. The summed E-state index contributed by atoms with van der Waals surface area (Å²) in [7, 11) is 0. The Kier molecular flexibility index (Phi) is 3.53. The van der Waals surface area contributed by atoms with Crippen LogP contribution in [0, 0.1) is 6.92 Å². The maximum Gasteiger partial charge on any atom is 0.245 e. The highest BCUT2D eigenvalue weighted by Gasteiger charge is 2.08. The standard InChI is InChI=1S/C15H14N4OS/c1-9-18-14(20-19-9)8-17-13-7-6-12(15(16)21)10-4-2-3-5-11(10)13/h2-7,17H,8H2,1H3,(H2,16,21). The van der Waals surface area contributed by atoms with Gasteiger partial charge in [-0.3, -0.25) is 0 Å². The van der Waals surface area contributed by atoms with Crippen molar-refractivity contribution in [3.8, 4) is 0 Å². The van der Waals surface area contributed by atoms with Crippen molar-refractivity contribution in [2.24, 2.45) is 5.73 Å². The van der Waals surface area contributed by atoms with E-state index in [9.17, 15) is 0 Å². The number of rotatable bonds is 4. The summed E-state index contributed by atoms with van der Waals surface area (Å²) in [6.07, 6.45) is 0. The molecule has 0 radical (unpaired) electrons. The van der Waals surface area contributed by atoms with Crippen molar-refractivity contribution >= 4 is 33.7 Å². The second-order valence-corrected chi connectivity index (χ2v) is 5.10. The van der Waals surface area contributed by atoms with E-state index in [1.54, 1.807) is 6.92 Å². The van der Waals surface area contributed by atoms with Gasteiger partial charge in [0.25, 0.3) is 0 Å². The van der Waals surface area contributed by atoms with Crippen LogP contribution in [-0.2, 0) is 6.54 Å². The smallest absolute Gasteiger partial charge is 0.245 e. The Morgan fingerprint density at radius 1 is 1.24 bits per heavy atom. The van der Waals surface area contributed by atoms with E-state index in [-0.39, 0.29) is 0 Å². The van der Waals surface area contributed by atoms with Crippen LogP contribution < -0.4 is 11.1 Å². The van der Waals surface area contributed by atoms with E-state index in [1.807, 2.05) is 36.4 Å². The van der Waals surface area contributed by atoms with Gasteiger partial charge < -0.3 is 15.6 Å². The number of nitrogens with zero attached hydrogens (tertiary/aromatic N) is 2. The van der Waals surface area contributed by atoms with E-state index in [2.05, 4.69) is 15.5 Å². The molecular formula is C15H14N4OS. The molecule has 3 rings (SSSR count). The predicted molar refractivity (Wildman–Crippen MR) is 86.2 cm³/mol. The molecule has 0 unspecified atom stereocenters. The molecule has 5 nitrogen and oxygen atoms in total. The third-order valence-corrected chi connectivity index (χ3v) is 3.41. The second kappa shape index (κ2) is 5.49. The normalized spacial score (nSPS) is 10.7. The van der Waals surface area contributed by atoms with Crippen molar-refractivity contribution < 1.29 is 4.52 Å². The zero-order valence-corrected chi connectivity index (χ0v) is 12.3. The lowest BCUT2D eigenvalue weighted by Gasteiger charge is -2.11. The summed E-state index contributed by atoms with van der Waals surface area (Å²) in [5.74, 6) is 1.18. The largest absolute Gasteiger partial charge is 0.389 e. The number of fused-ring (bicyclic) bond motifs is 1. The number of aromatic nitrogens is 2. The van der Waals surface area contributed by atoms with E-state index in [4.69, 9.17) is 22.5 Å². The van der Waals surface area contributed by atoms with Crippen molar-refractivity contribution in [3.05, 3.63) is 53.7 Å². The van der Waals surface area contributed by atoms with Gasteiger partial charge in [-0.2, -0.15) is 4.98 Å². The number of thiocarbonyl (C=S) groups is 1. The molecule has 1 aromatic heterocycles. The third kappa shape index (κ3) is 2.71. The Morgan fingerprint density at radius 2 is 2.00 bits per heavy atom. The summed E-state index contributed by atoms with van der Waals surface area (Å²) in [5.41, 5.74) is 7.62. The minimum absolute atomic E-state index is 0.394. The molecule has 0 aliphatic heterocycles. The van der Waals surface area contributed by atoms with Crippen molar-refractivity contribution in [2.75, 3.05) is 5.32 Å². The maximum atomic E-state index is 5.78. The molecule has 0 fully saturated rings. The van der Waals surface area contributed by atoms with E-state index in [0.717, 1.165) is 22.0 Å². The summed E-state index contributed by atoms with van der Waals surface area (Å²) in [6, 6.07) is 11.9. The van der Waals surface area contributed by atoms with E-state index >= 15 is 0 Å². The number of nitrogens with one attached hydrogen (secondary N) is 1. The number of hydrogen-bond acceptors (Lipinski definition) is 5. The molecular weight excluding hydrogens is 284 g/mol.